The molecule has 0 atom stereocenters. The molecule has 108 valence electrons. The summed E-state index contributed by atoms with van der Waals surface area (Å²) in [6.07, 6.45) is 1.98. The van der Waals surface area contributed by atoms with Gasteiger partial charge < -0.3 is 5.43 Å². The van der Waals surface area contributed by atoms with Crippen molar-refractivity contribution in [2.45, 2.75) is 43.4 Å². The minimum Gasteiger partial charge on any atom is -0.324 e. The summed E-state index contributed by atoms with van der Waals surface area (Å²) >= 11 is 0. The summed E-state index contributed by atoms with van der Waals surface area (Å²) < 4.78 is 25.1. The van der Waals surface area contributed by atoms with E-state index in [9.17, 15) is 8.42 Å². The second-order valence-corrected chi connectivity index (χ2v) is 7.46. The Bertz CT molecular complexity index is 495. The Kier molecular flexibility index (Phi) is 5.34. The van der Waals surface area contributed by atoms with E-state index in [1.807, 2.05) is 0 Å². The summed E-state index contributed by atoms with van der Waals surface area (Å²) in [6.45, 7) is 6.13. The number of hydrazine groups is 1. The number of hydrogen-bond donors (Lipinski definition) is 3. The van der Waals surface area contributed by atoms with Crippen LogP contribution in [0.1, 0.15) is 33.6 Å². The Labute approximate surface area is 115 Å². The molecule has 0 heterocycles. The number of sulfone groups is 1. The first-order chi connectivity index (χ1) is 8.85. The minimum atomic E-state index is -3.42. The number of nitrogens with one attached hydrogen (secondary N) is 2. The van der Waals surface area contributed by atoms with E-state index in [2.05, 4.69) is 17.7 Å². The molecule has 0 bridgehead atoms. The maximum absolute atomic E-state index is 12.5. The van der Waals surface area contributed by atoms with Gasteiger partial charge in [0.15, 0.2) is 9.84 Å². The predicted octanol–water partition coefficient (Wildman–Crippen LogP) is 1.87. The molecule has 5 nitrogen and oxygen atoms in total. The van der Waals surface area contributed by atoms with Crippen molar-refractivity contribution in [1.29, 1.82) is 0 Å². The fraction of sp³-hybridized carbons (Fsp3) is 0.538. The van der Waals surface area contributed by atoms with Gasteiger partial charge in [0.1, 0.15) is 4.87 Å². The number of hydrogen-bond acceptors (Lipinski definition) is 5. The van der Waals surface area contributed by atoms with E-state index in [1.54, 1.807) is 38.1 Å². The molecule has 0 amide bonds. The third-order valence-electron chi connectivity index (χ3n) is 3.08. The lowest BCUT2D eigenvalue weighted by Crippen LogP contribution is -2.46. The molecule has 0 radical (unpaired) electrons. The summed E-state index contributed by atoms with van der Waals surface area (Å²) in [4.78, 5) is -0.694. The zero-order valence-corrected chi connectivity index (χ0v) is 12.5. The molecule has 0 aliphatic heterocycles. The standard InChI is InChI=1S/C13H23N3O2S/c1-4-5-10-15-13(2,3)19(17,18)12-8-6-11(16-14)7-9-12/h6-9,15-16H,4-5,10,14H2,1-3H3. The number of nitrogen functional groups attached to an aromatic ring is 1. The Morgan fingerprint density at radius 1 is 1.21 bits per heavy atom. The van der Waals surface area contributed by atoms with E-state index < -0.39 is 14.7 Å². The van der Waals surface area contributed by atoms with Gasteiger partial charge in [-0.25, -0.2) is 8.42 Å². The van der Waals surface area contributed by atoms with Crippen LogP contribution in [0.25, 0.3) is 0 Å². The maximum atomic E-state index is 12.5. The van der Waals surface area contributed by atoms with Gasteiger partial charge in [-0.3, -0.25) is 11.2 Å². The van der Waals surface area contributed by atoms with E-state index in [1.165, 1.54) is 0 Å². The zero-order chi connectivity index (χ0) is 14.5. The quantitative estimate of drug-likeness (QED) is 0.404. The van der Waals surface area contributed by atoms with Crippen molar-refractivity contribution in [3.8, 4) is 0 Å². The zero-order valence-electron chi connectivity index (χ0n) is 11.7. The lowest BCUT2D eigenvalue weighted by molar-refractivity contribution is 0.473. The lowest BCUT2D eigenvalue weighted by Gasteiger charge is -2.26. The van der Waals surface area contributed by atoms with E-state index in [0.29, 0.717) is 17.1 Å². The number of anilines is 1. The van der Waals surface area contributed by atoms with Gasteiger partial charge in [-0.05, 0) is 51.1 Å². The van der Waals surface area contributed by atoms with E-state index in [4.69, 9.17) is 5.84 Å². The van der Waals surface area contributed by atoms with Gasteiger partial charge in [0, 0.05) is 5.69 Å². The Morgan fingerprint density at radius 3 is 2.26 bits per heavy atom. The van der Waals surface area contributed by atoms with Crippen molar-refractivity contribution in [3.05, 3.63) is 24.3 Å². The van der Waals surface area contributed by atoms with Crippen molar-refractivity contribution >= 4 is 15.5 Å². The first kappa shape index (κ1) is 15.9. The summed E-state index contributed by atoms with van der Waals surface area (Å²) in [7, 11) is -3.42. The van der Waals surface area contributed by atoms with E-state index in [0.717, 1.165) is 12.8 Å². The van der Waals surface area contributed by atoms with Gasteiger partial charge in [0.2, 0.25) is 0 Å². The van der Waals surface area contributed by atoms with Crippen LogP contribution in [0, 0.1) is 0 Å². The van der Waals surface area contributed by atoms with Crippen molar-refractivity contribution in [2.75, 3.05) is 12.0 Å². The molecule has 0 aromatic heterocycles. The minimum absolute atomic E-state index is 0.292. The molecule has 6 heteroatoms. The number of rotatable bonds is 7. The molecule has 1 aromatic carbocycles. The molecule has 0 saturated heterocycles. The molecule has 0 fully saturated rings. The molecule has 4 N–H and O–H groups in total. The van der Waals surface area contributed by atoms with Gasteiger partial charge in [0.05, 0.1) is 4.90 Å². The van der Waals surface area contributed by atoms with Crippen LogP contribution in [0.3, 0.4) is 0 Å². The fourth-order valence-corrected chi connectivity index (χ4v) is 3.06. The average molecular weight is 285 g/mol. The highest BCUT2D eigenvalue weighted by Gasteiger charge is 2.34. The first-order valence-electron chi connectivity index (χ1n) is 6.41. The van der Waals surface area contributed by atoms with Crippen LogP contribution >= 0.6 is 0 Å². The van der Waals surface area contributed by atoms with Crippen LogP contribution in [0.5, 0.6) is 0 Å². The van der Waals surface area contributed by atoms with Gasteiger partial charge in [-0.2, -0.15) is 0 Å². The van der Waals surface area contributed by atoms with Gasteiger partial charge in [-0.1, -0.05) is 13.3 Å². The van der Waals surface area contributed by atoms with Crippen LogP contribution in [-0.2, 0) is 9.84 Å². The normalized spacial score (nSPS) is 12.4. The van der Waals surface area contributed by atoms with Crippen molar-refractivity contribution in [2.24, 2.45) is 5.84 Å². The average Bonchev–Trinajstić information content (AvgIpc) is 2.38. The lowest BCUT2D eigenvalue weighted by atomic mass is 10.3. The Hall–Kier alpha value is -1.11. The second kappa shape index (κ2) is 6.36. The Balaban J connectivity index is 2.94. The van der Waals surface area contributed by atoms with Crippen LogP contribution in [0.2, 0.25) is 0 Å². The third-order valence-corrected chi connectivity index (χ3v) is 5.46. The molecule has 0 aliphatic rings. The molecular weight excluding hydrogens is 262 g/mol. The van der Waals surface area contributed by atoms with Crippen molar-refractivity contribution in [3.63, 3.8) is 0 Å². The topological polar surface area (TPSA) is 84.2 Å². The Morgan fingerprint density at radius 2 is 1.79 bits per heavy atom. The fourth-order valence-electron chi connectivity index (χ4n) is 1.69. The highest BCUT2D eigenvalue weighted by atomic mass is 32.2. The molecule has 0 aliphatic carbocycles. The molecule has 0 spiro atoms. The van der Waals surface area contributed by atoms with Crippen LogP contribution in [0.4, 0.5) is 5.69 Å². The van der Waals surface area contributed by atoms with Crippen LogP contribution in [0.15, 0.2) is 29.2 Å². The predicted molar refractivity (Wildman–Crippen MR) is 78.4 cm³/mol. The number of nitrogens with two attached hydrogens (primary N) is 1. The highest BCUT2D eigenvalue weighted by Crippen LogP contribution is 2.24. The van der Waals surface area contributed by atoms with Gasteiger partial charge in [-0.15, -0.1) is 0 Å². The SMILES string of the molecule is CCCCNC(C)(C)S(=O)(=O)c1ccc(NN)cc1. The van der Waals surface area contributed by atoms with Crippen molar-refractivity contribution < 1.29 is 8.42 Å². The highest BCUT2D eigenvalue weighted by molar-refractivity contribution is 7.92. The van der Waals surface area contributed by atoms with Gasteiger partial charge in [0.25, 0.3) is 0 Å². The molecule has 0 unspecified atom stereocenters. The van der Waals surface area contributed by atoms with Crippen LogP contribution < -0.4 is 16.6 Å². The second-order valence-electron chi connectivity index (χ2n) is 4.96. The summed E-state index contributed by atoms with van der Waals surface area (Å²) in [5.74, 6) is 5.26. The van der Waals surface area contributed by atoms with Crippen LogP contribution in [-0.4, -0.2) is 19.8 Å². The first-order valence-corrected chi connectivity index (χ1v) is 7.90. The number of benzene rings is 1. The van der Waals surface area contributed by atoms with E-state index in [-0.39, 0.29) is 0 Å². The molecule has 1 aromatic rings. The smallest absolute Gasteiger partial charge is 0.196 e. The molecular formula is C13H23N3O2S. The number of unbranched alkanes of at least 4 members (excludes halogenated alkanes) is 1. The maximum Gasteiger partial charge on any atom is 0.196 e. The monoisotopic (exact) mass is 285 g/mol. The molecule has 1 rings (SSSR count). The summed E-state index contributed by atoms with van der Waals surface area (Å²) in [5.41, 5.74) is 3.15. The molecule has 19 heavy (non-hydrogen) atoms. The summed E-state index contributed by atoms with van der Waals surface area (Å²) in [6, 6.07) is 6.42. The van der Waals surface area contributed by atoms with Gasteiger partial charge >= 0.3 is 0 Å². The molecule has 0 saturated carbocycles. The van der Waals surface area contributed by atoms with E-state index >= 15 is 0 Å². The largest absolute Gasteiger partial charge is 0.324 e. The van der Waals surface area contributed by atoms with Crippen molar-refractivity contribution in [1.82, 2.24) is 5.32 Å². The third kappa shape index (κ3) is 3.68. The summed E-state index contributed by atoms with van der Waals surface area (Å²) in [5, 5.41) is 3.10.